The molecule has 1 heterocycles. The molecule has 0 saturated carbocycles. The first-order valence-corrected chi connectivity index (χ1v) is 13.2. The summed E-state index contributed by atoms with van der Waals surface area (Å²) >= 11 is 6.67. The maximum Gasteiger partial charge on any atom is 0.238 e. The molecule has 2 aromatic rings. The fourth-order valence-corrected chi connectivity index (χ4v) is 6.98. The third-order valence-electron chi connectivity index (χ3n) is 7.65. The van der Waals surface area contributed by atoms with E-state index in [1.165, 1.54) is 17.0 Å². The molecular formula is C28H19Br2NO5. The molecule has 2 amide bonds. The van der Waals surface area contributed by atoms with Crippen molar-refractivity contribution in [3.8, 4) is 5.75 Å². The number of phenols is 1. The van der Waals surface area contributed by atoms with E-state index in [0.717, 1.165) is 5.57 Å². The summed E-state index contributed by atoms with van der Waals surface area (Å²) in [6.07, 6.45) is 3.74. The SMILES string of the molecule is O=C1C=C(Br)C(=O)C2=C1[C@@H](c1cc(Br)ccc1O)C1=CC[C@@H]3C(=O)N(c4ccccc4)C(=O)[C@@H]3[C@@H]1C2. The Kier molecular flexibility index (Phi) is 5.50. The van der Waals surface area contributed by atoms with Crippen molar-refractivity contribution >= 4 is 60.9 Å². The number of carbonyl (C=O) groups excluding carboxylic acids is 4. The summed E-state index contributed by atoms with van der Waals surface area (Å²) in [6, 6.07) is 13.8. The van der Waals surface area contributed by atoms with Gasteiger partial charge in [-0.1, -0.05) is 45.8 Å². The van der Waals surface area contributed by atoms with Gasteiger partial charge in [-0.3, -0.25) is 24.1 Å². The molecule has 6 nitrogen and oxygen atoms in total. The molecule has 36 heavy (non-hydrogen) atoms. The van der Waals surface area contributed by atoms with Gasteiger partial charge in [0.25, 0.3) is 0 Å². The lowest BCUT2D eigenvalue weighted by Crippen LogP contribution is -2.39. The number of imide groups is 1. The Hall–Kier alpha value is -3.10. The minimum absolute atomic E-state index is 0.00710. The number of ketones is 2. The summed E-state index contributed by atoms with van der Waals surface area (Å²) in [7, 11) is 0. The molecule has 0 unspecified atom stereocenters. The lowest BCUT2D eigenvalue weighted by molar-refractivity contribution is -0.123. The zero-order valence-electron chi connectivity index (χ0n) is 18.8. The number of rotatable bonds is 2. The van der Waals surface area contributed by atoms with Gasteiger partial charge in [-0.15, -0.1) is 0 Å². The Balaban J connectivity index is 1.52. The van der Waals surface area contributed by atoms with Gasteiger partial charge >= 0.3 is 0 Å². The van der Waals surface area contributed by atoms with Crippen LogP contribution in [0.5, 0.6) is 5.75 Å². The number of fused-ring (bicyclic) bond motifs is 3. The maximum atomic E-state index is 13.8. The number of anilines is 1. The number of halogens is 2. The summed E-state index contributed by atoms with van der Waals surface area (Å²) in [4.78, 5) is 54.9. The molecule has 1 fully saturated rings. The summed E-state index contributed by atoms with van der Waals surface area (Å²) in [5.41, 5.74) is 2.46. The minimum Gasteiger partial charge on any atom is -0.508 e. The van der Waals surface area contributed by atoms with Crippen LogP contribution in [0.4, 0.5) is 5.69 Å². The highest BCUT2D eigenvalue weighted by molar-refractivity contribution is 9.12. The van der Waals surface area contributed by atoms with E-state index in [1.54, 1.807) is 36.4 Å². The molecular weight excluding hydrogens is 590 g/mol. The van der Waals surface area contributed by atoms with E-state index in [0.29, 0.717) is 33.3 Å². The predicted octanol–water partition coefficient (Wildman–Crippen LogP) is 5.12. The van der Waals surface area contributed by atoms with Crippen LogP contribution in [-0.4, -0.2) is 28.5 Å². The van der Waals surface area contributed by atoms with Gasteiger partial charge in [0.15, 0.2) is 11.6 Å². The molecule has 3 aliphatic carbocycles. The van der Waals surface area contributed by atoms with Crippen LogP contribution in [0.2, 0.25) is 0 Å². The zero-order chi connectivity index (χ0) is 25.3. The summed E-state index contributed by atoms with van der Waals surface area (Å²) in [5.74, 6) is -3.51. The van der Waals surface area contributed by atoms with E-state index < -0.39 is 23.7 Å². The fourth-order valence-electron chi connectivity index (χ4n) is 6.15. The van der Waals surface area contributed by atoms with E-state index in [9.17, 15) is 24.3 Å². The number of benzene rings is 2. The van der Waals surface area contributed by atoms with Crippen molar-refractivity contribution in [1.82, 2.24) is 0 Å². The quantitative estimate of drug-likeness (QED) is 0.290. The summed E-state index contributed by atoms with van der Waals surface area (Å²) in [6.45, 7) is 0. The van der Waals surface area contributed by atoms with Crippen molar-refractivity contribution < 1.29 is 24.3 Å². The number of hydrogen-bond donors (Lipinski definition) is 1. The topological polar surface area (TPSA) is 91.8 Å². The van der Waals surface area contributed by atoms with Gasteiger partial charge in [0.1, 0.15) is 5.75 Å². The number of para-hydroxylation sites is 1. The van der Waals surface area contributed by atoms with Crippen LogP contribution in [0.1, 0.15) is 24.3 Å². The van der Waals surface area contributed by atoms with Gasteiger partial charge in [-0.05, 0) is 65.0 Å². The number of nitrogens with zero attached hydrogens (tertiary/aromatic N) is 1. The van der Waals surface area contributed by atoms with Crippen LogP contribution in [0, 0.1) is 17.8 Å². The Labute approximate surface area is 223 Å². The van der Waals surface area contributed by atoms with Gasteiger partial charge in [0.05, 0.1) is 22.0 Å². The Morgan fingerprint density at radius 3 is 2.42 bits per heavy atom. The first-order chi connectivity index (χ1) is 17.3. The van der Waals surface area contributed by atoms with Crippen LogP contribution >= 0.6 is 31.9 Å². The average Bonchev–Trinajstić information content (AvgIpc) is 3.13. The molecule has 2 aromatic carbocycles. The van der Waals surface area contributed by atoms with E-state index in [1.807, 2.05) is 12.1 Å². The molecule has 1 aliphatic heterocycles. The van der Waals surface area contributed by atoms with E-state index in [4.69, 9.17) is 0 Å². The molecule has 8 heteroatoms. The highest BCUT2D eigenvalue weighted by Gasteiger charge is 2.56. The summed E-state index contributed by atoms with van der Waals surface area (Å²) < 4.78 is 0.880. The monoisotopic (exact) mass is 607 g/mol. The van der Waals surface area contributed by atoms with Crippen LogP contribution in [0.25, 0.3) is 0 Å². The number of allylic oxidation sites excluding steroid dienone is 6. The van der Waals surface area contributed by atoms with Crippen LogP contribution in [0.15, 0.2) is 86.4 Å². The highest BCUT2D eigenvalue weighted by Crippen LogP contribution is 2.56. The van der Waals surface area contributed by atoms with Gasteiger partial charge < -0.3 is 5.11 Å². The molecule has 0 radical (unpaired) electrons. The summed E-state index contributed by atoms with van der Waals surface area (Å²) in [5, 5.41) is 10.8. The Morgan fingerprint density at radius 1 is 0.917 bits per heavy atom. The number of Topliss-reactive ketones (excluding diaryl/α,β-unsaturated/α-hetero) is 1. The molecule has 1 saturated heterocycles. The van der Waals surface area contributed by atoms with Gasteiger partial charge in [-0.2, -0.15) is 0 Å². The van der Waals surface area contributed by atoms with E-state index >= 15 is 0 Å². The molecule has 0 aromatic heterocycles. The minimum atomic E-state index is -0.695. The van der Waals surface area contributed by atoms with Gasteiger partial charge in [0.2, 0.25) is 11.8 Å². The maximum absolute atomic E-state index is 13.8. The van der Waals surface area contributed by atoms with Crippen molar-refractivity contribution in [3.05, 3.63) is 91.9 Å². The van der Waals surface area contributed by atoms with Crippen LogP contribution < -0.4 is 4.90 Å². The van der Waals surface area contributed by atoms with E-state index in [-0.39, 0.29) is 40.0 Å². The standard InChI is InChI=1S/C28H19Br2NO5/c29-13-6-9-21(32)18(10-13)23-15-7-8-16-24(28(36)31(27(16)35)14-4-2-1-3-5-14)17(15)11-19-25(23)22(33)12-20(30)26(19)34/h1-7,9-10,12,16-17,23-24,32H,8,11H2/t16-,17+,23+,24-/m0/s1. The Bertz CT molecular complexity index is 1470. The lowest BCUT2D eigenvalue weighted by atomic mass is 9.59. The smallest absolute Gasteiger partial charge is 0.238 e. The molecule has 0 bridgehead atoms. The third-order valence-corrected chi connectivity index (χ3v) is 8.73. The van der Waals surface area contributed by atoms with E-state index in [2.05, 4.69) is 31.9 Å². The molecule has 4 aliphatic rings. The van der Waals surface area contributed by atoms with Crippen molar-refractivity contribution in [2.24, 2.45) is 17.8 Å². The lowest BCUT2D eigenvalue weighted by Gasteiger charge is -2.42. The number of amides is 2. The predicted molar refractivity (Wildman–Crippen MR) is 139 cm³/mol. The molecule has 4 atom stereocenters. The first kappa shape index (κ1) is 23.3. The Morgan fingerprint density at radius 2 is 1.67 bits per heavy atom. The van der Waals surface area contributed by atoms with Crippen LogP contribution in [0.3, 0.4) is 0 Å². The number of phenolic OH excluding ortho intramolecular Hbond substituents is 1. The number of hydrogen-bond acceptors (Lipinski definition) is 5. The second-order valence-electron chi connectivity index (χ2n) is 9.44. The van der Waals surface area contributed by atoms with Crippen molar-refractivity contribution in [1.29, 1.82) is 0 Å². The van der Waals surface area contributed by atoms with Crippen molar-refractivity contribution in [2.45, 2.75) is 18.8 Å². The van der Waals surface area contributed by atoms with Crippen molar-refractivity contribution in [3.63, 3.8) is 0 Å². The number of carbonyl (C=O) groups is 4. The molecule has 0 spiro atoms. The second kappa shape index (κ2) is 8.49. The normalized spacial score (nSPS) is 27.4. The first-order valence-electron chi connectivity index (χ1n) is 11.6. The fraction of sp³-hybridized carbons (Fsp3) is 0.214. The second-order valence-corrected chi connectivity index (χ2v) is 11.2. The largest absolute Gasteiger partial charge is 0.508 e. The molecule has 6 rings (SSSR count). The average molecular weight is 609 g/mol. The highest BCUT2D eigenvalue weighted by atomic mass is 79.9. The van der Waals surface area contributed by atoms with Gasteiger partial charge in [0, 0.05) is 33.2 Å². The molecule has 180 valence electrons. The van der Waals surface area contributed by atoms with Crippen LogP contribution in [-0.2, 0) is 19.2 Å². The zero-order valence-corrected chi connectivity index (χ0v) is 22.0. The van der Waals surface area contributed by atoms with Crippen molar-refractivity contribution in [2.75, 3.05) is 4.90 Å². The number of aromatic hydroxyl groups is 1. The van der Waals surface area contributed by atoms with Gasteiger partial charge in [-0.25, -0.2) is 0 Å². The third kappa shape index (κ3) is 3.34. The molecule has 1 N–H and O–H groups in total.